The van der Waals surface area contributed by atoms with Crippen molar-refractivity contribution in [2.75, 3.05) is 12.8 Å². The summed E-state index contributed by atoms with van der Waals surface area (Å²) in [6, 6.07) is 7.58. The second-order valence-corrected chi connectivity index (χ2v) is 4.57. The summed E-state index contributed by atoms with van der Waals surface area (Å²) in [5.41, 5.74) is 5.69. The third kappa shape index (κ3) is 3.73. The fourth-order valence-electron chi connectivity index (χ4n) is 1.86. The molecule has 2 rings (SSSR count). The van der Waals surface area contributed by atoms with Crippen molar-refractivity contribution >= 4 is 17.3 Å². The first-order valence-electron chi connectivity index (χ1n) is 6.46. The predicted molar refractivity (Wildman–Crippen MR) is 79.6 cm³/mol. The van der Waals surface area contributed by atoms with E-state index in [4.69, 9.17) is 15.2 Å². The lowest BCUT2D eigenvalue weighted by Gasteiger charge is -2.08. The second kappa shape index (κ2) is 6.73. The largest absolute Gasteiger partial charge is 0.494 e. The minimum atomic E-state index is -0.831. The summed E-state index contributed by atoms with van der Waals surface area (Å²) in [5, 5.41) is 10.7. The number of non-ortho nitro benzene ring substituents is 1. The van der Waals surface area contributed by atoms with Crippen LogP contribution in [0.1, 0.15) is 15.9 Å². The lowest BCUT2D eigenvalue weighted by molar-refractivity contribution is -0.384. The van der Waals surface area contributed by atoms with Crippen molar-refractivity contribution in [3.05, 3.63) is 63.5 Å². The first kappa shape index (κ1) is 16.2. The number of anilines is 1. The average Bonchev–Trinajstić information content (AvgIpc) is 2.53. The van der Waals surface area contributed by atoms with Crippen molar-refractivity contribution in [3.63, 3.8) is 0 Å². The van der Waals surface area contributed by atoms with Gasteiger partial charge in [-0.1, -0.05) is 6.07 Å². The number of nitro groups is 1. The highest BCUT2D eigenvalue weighted by Crippen LogP contribution is 2.22. The van der Waals surface area contributed by atoms with Crippen molar-refractivity contribution in [1.29, 1.82) is 0 Å². The molecule has 0 atom stereocenters. The van der Waals surface area contributed by atoms with E-state index < -0.39 is 16.7 Å². The van der Waals surface area contributed by atoms with Gasteiger partial charge in [0.25, 0.3) is 5.69 Å². The zero-order valence-electron chi connectivity index (χ0n) is 12.1. The molecule has 0 saturated carbocycles. The summed E-state index contributed by atoms with van der Waals surface area (Å²) in [5.74, 6) is -1.35. The van der Waals surface area contributed by atoms with Gasteiger partial charge in [-0.2, -0.15) is 0 Å². The van der Waals surface area contributed by atoms with Gasteiger partial charge in [0, 0.05) is 17.8 Å². The molecule has 0 radical (unpaired) electrons. The number of halogens is 1. The van der Waals surface area contributed by atoms with Crippen LogP contribution in [-0.2, 0) is 11.3 Å². The molecule has 0 aliphatic heterocycles. The number of carbonyl (C=O) groups excluding carboxylic acids is 1. The van der Waals surface area contributed by atoms with Crippen LogP contribution in [0.25, 0.3) is 0 Å². The number of hydrogen-bond donors (Lipinski definition) is 1. The van der Waals surface area contributed by atoms with Crippen LogP contribution >= 0.6 is 0 Å². The molecule has 0 bridgehead atoms. The Morgan fingerprint density at radius 1 is 1.30 bits per heavy atom. The molecular weight excluding hydrogens is 307 g/mol. The fraction of sp³-hybridized carbons (Fsp3) is 0.133. The lowest BCUT2D eigenvalue weighted by atomic mass is 10.1. The molecule has 2 aromatic rings. The Kier molecular flexibility index (Phi) is 4.75. The van der Waals surface area contributed by atoms with Crippen LogP contribution in [0.5, 0.6) is 5.75 Å². The normalized spacial score (nSPS) is 10.2. The van der Waals surface area contributed by atoms with E-state index in [1.165, 1.54) is 37.4 Å². The molecule has 0 unspecified atom stereocenters. The highest BCUT2D eigenvalue weighted by atomic mass is 19.1. The zero-order valence-corrected chi connectivity index (χ0v) is 12.1. The number of nitro benzene ring substituents is 1. The second-order valence-electron chi connectivity index (χ2n) is 4.57. The fourth-order valence-corrected chi connectivity index (χ4v) is 1.86. The molecule has 2 aromatic carbocycles. The summed E-state index contributed by atoms with van der Waals surface area (Å²) in [6.45, 7) is -0.206. The number of benzene rings is 2. The number of rotatable bonds is 5. The van der Waals surface area contributed by atoms with Gasteiger partial charge in [0.15, 0.2) is 11.6 Å². The van der Waals surface area contributed by atoms with E-state index in [2.05, 4.69) is 0 Å². The van der Waals surface area contributed by atoms with Crippen LogP contribution < -0.4 is 10.5 Å². The molecule has 0 fully saturated rings. The van der Waals surface area contributed by atoms with Gasteiger partial charge in [0.2, 0.25) is 0 Å². The van der Waals surface area contributed by atoms with Gasteiger partial charge in [0.1, 0.15) is 6.61 Å². The monoisotopic (exact) mass is 320 g/mol. The number of esters is 1. The molecule has 2 N–H and O–H groups in total. The Hall–Kier alpha value is -3.16. The van der Waals surface area contributed by atoms with Crippen molar-refractivity contribution in [3.8, 4) is 5.75 Å². The van der Waals surface area contributed by atoms with E-state index in [1.807, 2.05) is 0 Å². The maximum Gasteiger partial charge on any atom is 0.340 e. The van der Waals surface area contributed by atoms with Gasteiger partial charge in [-0.25, -0.2) is 9.18 Å². The van der Waals surface area contributed by atoms with Gasteiger partial charge in [-0.05, 0) is 23.8 Å². The van der Waals surface area contributed by atoms with E-state index in [0.29, 0.717) is 5.56 Å². The molecule has 0 amide bonds. The van der Waals surface area contributed by atoms with Crippen LogP contribution in [-0.4, -0.2) is 18.0 Å². The standard InChI is InChI=1S/C15H13FN2O5/c1-22-14-5-2-9(6-12(14)16)8-23-15(19)11-7-10(18(20)21)3-4-13(11)17/h2-7H,8,17H2,1H3. The van der Waals surface area contributed by atoms with Crippen LogP contribution in [0.3, 0.4) is 0 Å². The first-order valence-corrected chi connectivity index (χ1v) is 6.46. The Bertz CT molecular complexity index is 764. The van der Waals surface area contributed by atoms with Crippen molar-refractivity contribution in [2.45, 2.75) is 6.61 Å². The molecule has 0 aliphatic rings. The maximum absolute atomic E-state index is 13.5. The molecule has 7 nitrogen and oxygen atoms in total. The third-order valence-corrected chi connectivity index (χ3v) is 3.05. The van der Waals surface area contributed by atoms with E-state index in [9.17, 15) is 19.3 Å². The van der Waals surface area contributed by atoms with Crippen molar-refractivity contribution in [2.24, 2.45) is 0 Å². The molecule has 0 heterocycles. The highest BCUT2D eigenvalue weighted by molar-refractivity contribution is 5.95. The van der Waals surface area contributed by atoms with E-state index >= 15 is 0 Å². The Morgan fingerprint density at radius 3 is 2.65 bits per heavy atom. The smallest absolute Gasteiger partial charge is 0.340 e. The molecule has 0 saturated heterocycles. The summed E-state index contributed by atoms with van der Waals surface area (Å²) in [6.07, 6.45) is 0. The molecule has 8 heteroatoms. The van der Waals surface area contributed by atoms with E-state index in [0.717, 1.165) is 6.07 Å². The van der Waals surface area contributed by atoms with Crippen LogP contribution in [0.2, 0.25) is 0 Å². The SMILES string of the molecule is COc1ccc(COC(=O)c2cc([N+](=O)[O-])ccc2N)cc1F. The number of ether oxygens (including phenoxy) is 2. The van der Waals surface area contributed by atoms with Crippen molar-refractivity contribution < 1.29 is 23.6 Å². The Morgan fingerprint density at radius 2 is 2.04 bits per heavy atom. The van der Waals surface area contributed by atoms with E-state index in [-0.39, 0.29) is 29.3 Å². The minimum absolute atomic E-state index is 0.0570. The average molecular weight is 320 g/mol. The van der Waals surface area contributed by atoms with Crippen molar-refractivity contribution in [1.82, 2.24) is 0 Å². The number of nitrogens with zero attached hydrogens (tertiary/aromatic N) is 1. The quantitative estimate of drug-likeness (QED) is 0.393. The third-order valence-electron chi connectivity index (χ3n) is 3.05. The Labute approximate surface area is 130 Å². The topological polar surface area (TPSA) is 105 Å². The minimum Gasteiger partial charge on any atom is -0.494 e. The van der Waals surface area contributed by atoms with Gasteiger partial charge in [-0.3, -0.25) is 10.1 Å². The number of nitrogens with two attached hydrogens (primary N) is 1. The Balaban J connectivity index is 2.12. The lowest BCUT2D eigenvalue weighted by Crippen LogP contribution is -2.09. The molecule has 120 valence electrons. The predicted octanol–water partition coefficient (Wildman–Crippen LogP) is 2.68. The zero-order chi connectivity index (χ0) is 17.0. The van der Waals surface area contributed by atoms with Gasteiger partial charge < -0.3 is 15.2 Å². The van der Waals surface area contributed by atoms with Gasteiger partial charge in [0.05, 0.1) is 17.6 Å². The number of hydrogen-bond acceptors (Lipinski definition) is 6. The number of methoxy groups -OCH3 is 1. The maximum atomic E-state index is 13.5. The molecule has 23 heavy (non-hydrogen) atoms. The summed E-state index contributed by atoms with van der Waals surface area (Å²) >= 11 is 0. The molecule has 0 aliphatic carbocycles. The first-order chi connectivity index (χ1) is 10.9. The highest BCUT2D eigenvalue weighted by Gasteiger charge is 2.17. The van der Waals surface area contributed by atoms with Crippen LogP contribution in [0, 0.1) is 15.9 Å². The number of carbonyl (C=O) groups is 1. The molecular formula is C15H13FN2O5. The summed E-state index contributed by atoms with van der Waals surface area (Å²) in [7, 11) is 1.34. The van der Waals surface area contributed by atoms with Crippen LogP contribution in [0.15, 0.2) is 36.4 Å². The number of nitrogen functional groups attached to an aromatic ring is 1. The van der Waals surface area contributed by atoms with Gasteiger partial charge in [-0.15, -0.1) is 0 Å². The molecule has 0 spiro atoms. The van der Waals surface area contributed by atoms with Crippen LogP contribution in [0.4, 0.5) is 15.8 Å². The van der Waals surface area contributed by atoms with Gasteiger partial charge >= 0.3 is 5.97 Å². The summed E-state index contributed by atoms with van der Waals surface area (Å²) in [4.78, 5) is 22.1. The molecule has 0 aromatic heterocycles. The van der Waals surface area contributed by atoms with E-state index in [1.54, 1.807) is 0 Å². The summed E-state index contributed by atoms with van der Waals surface area (Å²) < 4.78 is 23.3.